The number of nitro groups is 1. The third-order valence-electron chi connectivity index (χ3n) is 4.90. The van der Waals surface area contributed by atoms with Gasteiger partial charge >= 0.3 is 0 Å². The minimum atomic E-state index is -0.394. The maximum Gasteiger partial charge on any atom is 0.272 e. The van der Waals surface area contributed by atoms with Crippen LogP contribution in [0.3, 0.4) is 0 Å². The number of rotatable bonds is 4. The van der Waals surface area contributed by atoms with Crippen LogP contribution in [0.2, 0.25) is 0 Å². The molecule has 0 aliphatic heterocycles. The third kappa shape index (κ3) is 3.28. The quantitative estimate of drug-likeness (QED) is 0.287. The van der Waals surface area contributed by atoms with Crippen LogP contribution in [0.1, 0.15) is 22.7 Å². The zero-order chi connectivity index (χ0) is 20.5. The van der Waals surface area contributed by atoms with E-state index in [1.807, 2.05) is 31.2 Å². The Hall–Kier alpha value is -4.18. The minimum Gasteiger partial charge on any atom is -0.457 e. The molecule has 0 spiro atoms. The van der Waals surface area contributed by atoms with Crippen LogP contribution in [0.25, 0.3) is 34.0 Å². The number of imidazole rings is 1. The standard InChI is InChI=1S/C22H16N4O3/c1-13-14(2)20(26(27)28)9-8-17(13)21-10-7-16(29-21)11-15(12-23)22-24-18-5-3-4-6-19(18)25-22/h3-11H,1-2H3,(H,24,25)/b15-11+. The average Bonchev–Trinajstić information content (AvgIpc) is 3.34. The second-order valence-corrected chi connectivity index (χ2v) is 6.61. The SMILES string of the molecule is Cc1c(-c2ccc(/C=C(\C#N)c3nc4ccccc4[nH]3)o2)ccc([N+](=O)[O-])c1C. The maximum atomic E-state index is 11.1. The van der Waals surface area contributed by atoms with Crippen LogP contribution in [0.15, 0.2) is 52.9 Å². The van der Waals surface area contributed by atoms with E-state index in [1.54, 1.807) is 31.2 Å². The summed E-state index contributed by atoms with van der Waals surface area (Å²) in [7, 11) is 0. The Labute approximate surface area is 166 Å². The van der Waals surface area contributed by atoms with Crippen molar-refractivity contribution in [2.45, 2.75) is 13.8 Å². The fourth-order valence-corrected chi connectivity index (χ4v) is 3.22. The van der Waals surface area contributed by atoms with E-state index < -0.39 is 4.92 Å². The number of aromatic amines is 1. The monoisotopic (exact) mass is 384 g/mol. The molecule has 2 heterocycles. The Balaban J connectivity index is 1.71. The van der Waals surface area contributed by atoms with E-state index in [-0.39, 0.29) is 5.69 Å². The summed E-state index contributed by atoms with van der Waals surface area (Å²) in [4.78, 5) is 18.3. The van der Waals surface area contributed by atoms with E-state index >= 15 is 0 Å². The summed E-state index contributed by atoms with van der Waals surface area (Å²) in [5, 5.41) is 20.7. The Morgan fingerprint density at radius 2 is 1.97 bits per heavy atom. The lowest BCUT2D eigenvalue weighted by molar-refractivity contribution is -0.385. The predicted molar refractivity (Wildman–Crippen MR) is 110 cm³/mol. The summed E-state index contributed by atoms with van der Waals surface area (Å²) in [6, 6.07) is 16.4. The van der Waals surface area contributed by atoms with E-state index in [0.717, 1.165) is 22.2 Å². The van der Waals surface area contributed by atoms with Crippen LogP contribution >= 0.6 is 0 Å². The number of hydrogen-bond acceptors (Lipinski definition) is 5. The molecule has 7 nitrogen and oxygen atoms in total. The molecule has 4 aromatic rings. The zero-order valence-electron chi connectivity index (χ0n) is 15.8. The van der Waals surface area contributed by atoms with Crippen LogP contribution in [0.4, 0.5) is 5.69 Å². The van der Waals surface area contributed by atoms with Crippen LogP contribution in [0.5, 0.6) is 0 Å². The third-order valence-corrected chi connectivity index (χ3v) is 4.90. The molecule has 0 radical (unpaired) electrons. The number of nitrogens with zero attached hydrogens (tertiary/aromatic N) is 3. The van der Waals surface area contributed by atoms with Gasteiger partial charge in [-0.05, 0) is 49.7 Å². The van der Waals surface area contributed by atoms with Crippen molar-refractivity contribution in [3.8, 4) is 17.4 Å². The van der Waals surface area contributed by atoms with Crippen molar-refractivity contribution in [2.75, 3.05) is 0 Å². The van der Waals surface area contributed by atoms with Crippen molar-refractivity contribution >= 4 is 28.4 Å². The number of nitrogens with one attached hydrogen (secondary N) is 1. The van der Waals surface area contributed by atoms with Gasteiger partial charge in [-0.3, -0.25) is 10.1 Å². The Morgan fingerprint density at radius 1 is 1.17 bits per heavy atom. The Morgan fingerprint density at radius 3 is 2.69 bits per heavy atom. The molecule has 0 aliphatic carbocycles. The van der Waals surface area contributed by atoms with Gasteiger partial charge in [-0.1, -0.05) is 12.1 Å². The number of allylic oxidation sites excluding steroid dienone is 1. The minimum absolute atomic E-state index is 0.0783. The predicted octanol–water partition coefficient (Wildman–Crippen LogP) is 5.41. The van der Waals surface area contributed by atoms with Crippen molar-refractivity contribution < 1.29 is 9.34 Å². The lowest BCUT2D eigenvalue weighted by atomic mass is 10.00. The molecular weight excluding hydrogens is 368 g/mol. The van der Waals surface area contributed by atoms with Crippen molar-refractivity contribution in [3.05, 3.63) is 81.4 Å². The first-order chi connectivity index (χ1) is 14.0. The number of furan rings is 1. The van der Waals surface area contributed by atoms with Gasteiger partial charge in [-0.2, -0.15) is 5.26 Å². The van der Waals surface area contributed by atoms with E-state index in [0.29, 0.717) is 28.5 Å². The van der Waals surface area contributed by atoms with E-state index in [9.17, 15) is 15.4 Å². The van der Waals surface area contributed by atoms with Crippen LogP contribution in [0, 0.1) is 35.3 Å². The molecule has 0 amide bonds. The molecule has 4 rings (SSSR count). The van der Waals surface area contributed by atoms with E-state index in [2.05, 4.69) is 16.0 Å². The molecule has 0 fully saturated rings. The molecule has 2 aromatic carbocycles. The van der Waals surface area contributed by atoms with Crippen molar-refractivity contribution in [1.82, 2.24) is 9.97 Å². The van der Waals surface area contributed by atoms with Crippen molar-refractivity contribution in [2.24, 2.45) is 0 Å². The van der Waals surface area contributed by atoms with Gasteiger partial charge in [0.25, 0.3) is 5.69 Å². The first-order valence-electron chi connectivity index (χ1n) is 8.89. The lowest BCUT2D eigenvalue weighted by Gasteiger charge is -2.06. The number of H-pyrrole nitrogens is 1. The molecule has 29 heavy (non-hydrogen) atoms. The number of aromatic nitrogens is 2. The fourth-order valence-electron chi connectivity index (χ4n) is 3.22. The first kappa shape index (κ1) is 18.2. The van der Waals surface area contributed by atoms with E-state index in [1.165, 1.54) is 6.07 Å². The Bertz CT molecular complexity index is 1290. The van der Waals surface area contributed by atoms with Gasteiger partial charge in [0.15, 0.2) is 0 Å². The number of hydrogen-bond donors (Lipinski definition) is 1. The average molecular weight is 384 g/mol. The highest BCUT2D eigenvalue weighted by atomic mass is 16.6. The molecule has 1 N–H and O–H groups in total. The smallest absolute Gasteiger partial charge is 0.272 e. The topological polar surface area (TPSA) is 109 Å². The number of para-hydroxylation sites is 2. The molecule has 0 saturated carbocycles. The summed E-state index contributed by atoms with van der Waals surface area (Å²) < 4.78 is 5.89. The molecule has 7 heteroatoms. The van der Waals surface area contributed by atoms with Crippen LogP contribution < -0.4 is 0 Å². The fraction of sp³-hybridized carbons (Fsp3) is 0.0909. The summed E-state index contributed by atoms with van der Waals surface area (Å²) in [6.45, 7) is 3.54. The molecule has 0 bridgehead atoms. The van der Waals surface area contributed by atoms with Gasteiger partial charge in [0.05, 0.1) is 21.5 Å². The van der Waals surface area contributed by atoms with Gasteiger partial charge < -0.3 is 9.40 Å². The first-order valence-corrected chi connectivity index (χ1v) is 8.89. The summed E-state index contributed by atoms with van der Waals surface area (Å²) in [6.07, 6.45) is 1.62. The summed E-state index contributed by atoms with van der Waals surface area (Å²) >= 11 is 0. The highest BCUT2D eigenvalue weighted by Crippen LogP contribution is 2.32. The molecule has 0 aliphatic rings. The highest BCUT2D eigenvalue weighted by molar-refractivity contribution is 5.89. The van der Waals surface area contributed by atoms with Gasteiger partial charge in [0, 0.05) is 23.3 Å². The van der Waals surface area contributed by atoms with Gasteiger partial charge in [-0.25, -0.2) is 4.98 Å². The number of benzene rings is 2. The van der Waals surface area contributed by atoms with Crippen molar-refractivity contribution in [1.29, 1.82) is 5.26 Å². The Kier molecular flexibility index (Phi) is 4.45. The molecule has 0 unspecified atom stereocenters. The molecule has 0 saturated heterocycles. The van der Waals surface area contributed by atoms with Gasteiger partial charge in [-0.15, -0.1) is 0 Å². The zero-order valence-corrected chi connectivity index (χ0v) is 15.8. The number of fused-ring (bicyclic) bond motifs is 1. The van der Waals surface area contributed by atoms with Crippen LogP contribution in [-0.2, 0) is 0 Å². The molecule has 2 aromatic heterocycles. The number of nitriles is 1. The molecular formula is C22H16N4O3. The highest BCUT2D eigenvalue weighted by Gasteiger charge is 2.17. The van der Waals surface area contributed by atoms with Crippen LogP contribution in [-0.4, -0.2) is 14.9 Å². The summed E-state index contributed by atoms with van der Waals surface area (Å²) in [5.41, 5.74) is 4.20. The normalized spacial score (nSPS) is 11.6. The largest absolute Gasteiger partial charge is 0.457 e. The maximum absolute atomic E-state index is 11.1. The summed E-state index contributed by atoms with van der Waals surface area (Å²) in [5.74, 6) is 1.54. The molecule has 0 atom stereocenters. The van der Waals surface area contributed by atoms with Gasteiger partial charge in [0.2, 0.25) is 0 Å². The second kappa shape index (κ2) is 7.09. The second-order valence-electron chi connectivity index (χ2n) is 6.61. The lowest BCUT2D eigenvalue weighted by Crippen LogP contribution is -1.95. The number of nitro benzene ring substituents is 1. The van der Waals surface area contributed by atoms with Crippen molar-refractivity contribution in [3.63, 3.8) is 0 Å². The van der Waals surface area contributed by atoms with Gasteiger partial charge in [0.1, 0.15) is 23.4 Å². The molecule has 142 valence electrons. The van der Waals surface area contributed by atoms with E-state index in [4.69, 9.17) is 4.42 Å².